The number of fused-ring (bicyclic) bond motifs is 11. The number of carbonyl (C=O) groups excluding carboxylic acids is 9. The Morgan fingerprint density at radius 1 is 0.686 bits per heavy atom. The second kappa shape index (κ2) is 30.7. The molecule has 1 aliphatic carbocycles. The van der Waals surface area contributed by atoms with Gasteiger partial charge >= 0.3 is 6.09 Å². The van der Waals surface area contributed by atoms with Gasteiger partial charge in [0.2, 0.25) is 17.7 Å². The van der Waals surface area contributed by atoms with Crippen LogP contribution in [0.15, 0.2) is 126 Å². The highest BCUT2D eigenvalue weighted by Crippen LogP contribution is 2.57. The number of para-hydroxylation sites is 2. The third kappa shape index (κ3) is 15.2. The minimum Gasteiger partial charge on any atom is -0.493 e. The molecule has 3 N–H and O–H groups in total. The zero-order valence-electron chi connectivity index (χ0n) is 59.9. The second-order valence-electron chi connectivity index (χ2n) is 28.6. The van der Waals surface area contributed by atoms with Crippen molar-refractivity contribution in [3.8, 4) is 45.5 Å². The Morgan fingerprint density at radius 3 is 2.05 bits per heavy atom. The Balaban J connectivity index is 0.569. The van der Waals surface area contributed by atoms with Crippen LogP contribution < -0.4 is 44.3 Å². The molecule has 1 saturated heterocycles. The highest BCUT2D eigenvalue weighted by atomic mass is 16.6. The van der Waals surface area contributed by atoms with Gasteiger partial charge in [-0.2, -0.15) is 0 Å². The summed E-state index contributed by atoms with van der Waals surface area (Å²) in [4.78, 5) is 135. The topological polar surface area (TPSA) is 300 Å². The summed E-state index contributed by atoms with van der Waals surface area (Å²) >= 11 is 0. The summed E-state index contributed by atoms with van der Waals surface area (Å²) in [6.07, 6.45) is 1.86. The van der Waals surface area contributed by atoms with Gasteiger partial charge in [-0.05, 0) is 97.9 Å². The Bertz CT molecular complexity index is 4600. The van der Waals surface area contributed by atoms with E-state index in [2.05, 4.69) is 20.9 Å². The summed E-state index contributed by atoms with van der Waals surface area (Å²) < 4.78 is 31.7. The number of nitrogens with one attached hydrogen (secondary N) is 2. The van der Waals surface area contributed by atoms with Crippen molar-refractivity contribution in [2.24, 2.45) is 22.2 Å². The zero-order chi connectivity index (χ0) is 74.0. The van der Waals surface area contributed by atoms with Gasteiger partial charge in [0.15, 0.2) is 40.8 Å². The molecule has 2 fully saturated rings. The smallest absolute Gasteiger partial charge is 0.416 e. The van der Waals surface area contributed by atoms with Crippen molar-refractivity contribution < 1.29 is 71.9 Å². The van der Waals surface area contributed by atoms with E-state index in [0.717, 1.165) is 51.4 Å². The van der Waals surface area contributed by atoms with Gasteiger partial charge in [0.25, 0.3) is 11.8 Å². The Morgan fingerprint density at radius 2 is 1.34 bits per heavy atom. The molecule has 1 aromatic heterocycles. The first-order valence-electron chi connectivity index (χ1n) is 35.9. The molecule has 1 saturated carbocycles. The van der Waals surface area contributed by atoms with E-state index in [0.29, 0.717) is 71.1 Å². The maximum atomic E-state index is 14.5. The first-order chi connectivity index (χ1) is 50.6. The molecule has 5 atom stereocenters. The van der Waals surface area contributed by atoms with Crippen LogP contribution in [0.1, 0.15) is 141 Å². The number of methoxy groups -OCH3 is 2. The number of rotatable bonds is 27. The van der Waals surface area contributed by atoms with Crippen LogP contribution in [-0.4, -0.2) is 149 Å². The Hall–Kier alpha value is -11.1. The Kier molecular flexibility index (Phi) is 21.1. The molecule has 25 heteroatoms. The minimum absolute atomic E-state index is 0.0312. The number of Topliss-reactive ketones (excluding diaryl/α,β-unsaturated/α-hetero) is 3. The van der Waals surface area contributed by atoms with E-state index in [9.17, 15) is 48.3 Å². The van der Waals surface area contributed by atoms with E-state index in [1.54, 1.807) is 78.1 Å². The molecule has 5 aliphatic heterocycles. The van der Waals surface area contributed by atoms with Crippen LogP contribution in [0.4, 0.5) is 27.5 Å². The van der Waals surface area contributed by atoms with E-state index < -0.39 is 47.9 Å². The number of anilines is 3. The number of ether oxygens (including phenoxy) is 5. The van der Waals surface area contributed by atoms with Gasteiger partial charge in [0.05, 0.1) is 92.5 Å². The predicted molar refractivity (Wildman–Crippen MR) is 390 cm³/mol. The molecule has 546 valence electrons. The van der Waals surface area contributed by atoms with E-state index in [4.69, 9.17) is 28.7 Å². The van der Waals surface area contributed by atoms with E-state index >= 15 is 0 Å². The number of benzene rings is 6. The summed E-state index contributed by atoms with van der Waals surface area (Å²) in [5.74, 6) is -2.84. The average Bonchev–Trinajstić information content (AvgIpc) is 1.60. The largest absolute Gasteiger partial charge is 0.493 e. The standard InChI is InChI=1S/C80H86N10O15/c1-46(2)58(35-55(92)42-82-71(94)27-25-54(91)26-28-72(95)86-43-52-16-8-10-17-56(52)74-73(84-85-90(74)47(3)4)57-18-11-13-20-63(57)86)75(96)83-48(5)66(93)33-49-21-23-50(24-22-49)44-105-79(100)89-64-39-70(68(102-7)37-60(64)76(97)87-45-80(29-30-80)40-65(87)78(89)99)104-32-14-31-103-69-38-61-59(36-67(69)101-6)77(98)88-53(41-81-61)34-51-15-9-12-19-62(51)88/h8-13,15-24,36-39,41,46-48,53,58,65,78,99H,14,25-35,40,42-45H2,1-7H3,(H,82,94)(H,83,96)/t48-,53-,58-,65-,78?/m0/s1. The van der Waals surface area contributed by atoms with E-state index in [1.165, 1.54) is 26.4 Å². The van der Waals surface area contributed by atoms with Crippen LogP contribution in [0.3, 0.4) is 0 Å². The summed E-state index contributed by atoms with van der Waals surface area (Å²) in [7, 11) is 2.94. The van der Waals surface area contributed by atoms with E-state index in [-0.39, 0.29) is 147 Å². The molecule has 1 spiro atoms. The first-order valence-corrected chi connectivity index (χ1v) is 35.9. The quantitative estimate of drug-likeness (QED) is 0.0403. The van der Waals surface area contributed by atoms with Crippen LogP contribution in [0.2, 0.25) is 0 Å². The minimum atomic E-state index is -1.49. The number of hydrogen-bond acceptors (Lipinski definition) is 18. The van der Waals surface area contributed by atoms with Crippen molar-refractivity contribution in [2.75, 3.05) is 55.2 Å². The van der Waals surface area contributed by atoms with Gasteiger partial charge in [-0.1, -0.05) is 104 Å². The van der Waals surface area contributed by atoms with Gasteiger partial charge in [0.1, 0.15) is 18.1 Å². The lowest BCUT2D eigenvalue weighted by molar-refractivity contribution is -0.133. The van der Waals surface area contributed by atoms with Crippen LogP contribution in [0.5, 0.6) is 23.0 Å². The lowest BCUT2D eigenvalue weighted by atomic mass is 9.89. The van der Waals surface area contributed by atoms with Crippen molar-refractivity contribution in [3.05, 3.63) is 155 Å². The number of aliphatic hydroxyl groups excluding tert-OH is 1. The summed E-state index contributed by atoms with van der Waals surface area (Å²) in [6.45, 7) is 9.53. The molecule has 1 unspecified atom stereocenters. The fraction of sp³-hybridized carbons (Fsp3) is 0.400. The van der Waals surface area contributed by atoms with Gasteiger partial charge in [-0.25, -0.2) is 14.4 Å². The highest BCUT2D eigenvalue weighted by Gasteiger charge is 2.58. The molecule has 25 nitrogen and oxygen atoms in total. The number of carbonyl (C=O) groups is 9. The van der Waals surface area contributed by atoms with Gasteiger partial charge in [-0.3, -0.25) is 48.2 Å². The molecule has 6 aliphatic rings. The molecular weight excluding hydrogens is 1340 g/mol. The monoisotopic (exact) mass is 1430 g/mol. The van der Waals surface area contributed by atoms with Crippen molar-refractivity contribution in [2.45, 2.75) is 149 Å². The SMILES string of the molecule is COc1cc2c(cc1OCCCOc1cc3c(cc1OC)C(=O)N1CC4(CC4)C[C@H]1C(O)N3C(=O)OCc1ccc(CC(=O)[C@H](C)NC(=O)[C@@H](CC(=O)CNC(=O)CCC(=O)CCC(=O)N3Cc4ccccc4-c4c(nnn4C(C)C)-c4ccccc43)C(C)C)cc1)N=C[C@@H]1Cc3ccccc3N1C2=O. The number of aliphatic imine (C=N–C) groups is 1. The van der Waals surface area contributed by atoms with Crippen molar-refractivity contribution in [1.29, 1.82) is 0 Å². The number of aliphatic hydroxyl groups is 1. The number of hydrogen-bond donors (Lipinski definition) is 3. The van der Waals surface area contributed by atoms with Crippen molar-refractivity contribution in [1.82, 2.24) is 30.5 Å². The molecule has 13 rings (SSSR count). The van der Waals surface area contributed by atoms with Crippen LogP contribution in [-0.2, 0) is 59.5 Å². The highest BCUT2D eigenvalue weighted by molar-refractivity contribution is 6.15. The molecule has 6 heterocycles. The third-order valence-corrected chi connectivity index (χ3v) is 20.7. The number of aromatic nitrogens is 3. The summed E-state index contributed by atoms with van der Waals surface area (Å²) in [5, 5.41) is 26.6. The van der Waals surface area contributed by atoms with Crippen molar-refractivity contribution >= 4 is 81.9 Å². The zero-order valence-corrected chi connectivity index (χ0v) is 59.9. The number of ketones is 3. The van der Waals surface area contributed by atoms with Crippen LogP contribution in [0.25, 0.3) is 22.5 Å². The Labute approximate surface area is 608 Å². The molecule has 7 aromatic rings. The number of amides is 6. The average molecular weight is 1430 g/mol. The second-order valence-corrected chi connectivity index (χ2v) is 28.6. The first kappa shape index (κ1) is 72.3. The summed E-state index contributed by atoms with van der Waals surface area (Å²) in [6, 6.07) is 34.4. The fourth-order valence-electron chi connectivity index (χ4n) is 14.7. The molecule has 0 bridgehead atoms. The van der Waals surface area contributed by atoms with Gasteiger partial charge in [0, 0.05) is 105 Å². The van der Waals surface area contributed by atoms with Crippen LogP contribution >= 0.6 is 0 Å². The third-order valence-electron chi connectivity index (χ3n) is 20.7. The molecule has 0 radical (unpaired) electrons. The fourth-order valence-corrected chi connectivity index (χ4v) is 14.7. The lowest BCUT2D eigenvalue weighted by Gasteiger charge is -2.31. The normalized spacial score (nSPS) is 17.6. The maximum Gasteiger partial charge on any atom is 0.416 e. The van der Waals surface area contributed by atoms with Crippen LogP contribution in [0, 0.1) is 17.3 Å². The number of nitrogens with zero attached hydrogens (tertiary/aromatic N) is 8. The van der Waals surface area contributed by atoms with Crippen molar-refractivity contribution in [3.63, 3.8) is 0 Å². The molecule has 6 amide bonds. The maximum absolute atomic E-state index is 14.5. The molecular formula is C80H86N10O15. The van der Waals surface area contributed by atoms with Gasteiger partial charge < -0.3 is 49.2 Å². The molecule has 6 aromatic carbocycles. The predicted octanol–water partition coefficient (Wildman–Crippen LogP) is 10.5. The lowest BCUT2D eigenvalue weighted by Crippen LogP contribution is -2.50. The summed E-state index contributed by atoms with van der Waals surface area (Å²) in [5.41, 5.74) is 8.70. The molecule has 105 heavy (non-hydrogen) atoms. The van der Waals surface area contributed by atoms with E-state index in [1.807, 2.05) is 91.3 Å². The van der Waals surface area contributed by atoms with Gasteiger partial charge in [-0.15, -0.1) is 5.10 Å².